The quantitative estimate of drug-likeness (QED) is 0.640. The second-order valence-electron chi connectivity index (χ2n) is 1.61. The summed E-state index contributed by atoms with van der Waals surface area (Å²) in [6, 6.07) is 1.81. The van der Waals surface area contributed by atoms with Gasteiger partial charge in [0.2, 0.25) is 0 Å². The molecule has 0 aromatic carbocycles. The van der Waals surface area contributed by atoms with Crippen LogP contribution in [-0.4, -0.2) is 4.98 Å². The molecule has 1 rings (SSSR count). The standard InChI is InChI=1S/C6H5ClN.U/c1-5-2-6(7)4-8-3-5;/h2-3H,1H3;/q-1;. The van der Waals surface area contributed by atoms with Crippen molar-refractivity contribution in [2.45, 2.75) is 6.92 Å². The van der Waals surface area contributed by atoms with E-state index in [2.05, 4.69) is 11.2 Å². The maximum Gasteiger partial charge on any atom is 0 e. The third-order valence-electron chi connectivity index (χ3n) is 0.794. The summed E-state index contributed by atoms with van der Waals surface area (Å²) in [6.07, 6.45) is 4.30. The summed E-state index contributed by atoms with van der Waals surface area (Å²) in [5.74, 6) is 0. The predicted molar refractivity (Wildman–Crippen MR) is 32.8 cm³/mol. The van der Waals surface area contributed by atoms with Gasteiger partial charge in [-0.3, -0.25) is 0 Å². The average Bonchev–Trinajstić information content (AvgIpc) is 1.64. The van der Waals surface area contributed by atoms with Crippen molar-refractivity contribution in [1.82, 2.24) is 4.98 Å². The van der Waals surface area contributed by atoms with Gasteiger partial charge >= 0.3 is 0 Å². The van der Waals surface area contributed by atoms with Crippen LogP contribution in [0.15, 0.2) is 12.3 Å². The molecule has 0 saturated heterocycles. The molecular formula is C6H5ClNU-. The van der Waals surface area contributed by atoms with Crippen molar-refractivity contribution in [2.24, 2.45) is 0 Å². The predicted octanol–water partition coefficient (Wildman–Crippen LogP) is 1.84. The van der Waals surface area contributed by atoms with E-state index in [-0.39, 0.29) is 31.1 Å². The van der Waals surface area contributed by atoms with Crippen LogP contribution in [-0.2, 0) is 0 Å². The number of aryl methyl sites for hydroxylation is 1. The minimum Gasteiger partial charge on any atom is -0.393 e. The molecule has 1 aromatic rings. The van der Waals surface area contributed by atoms with Crippen LogP contribution in [0.2, 0.25) is 5.02 Å². The molecule has 3 heteroatoms. The molecule has 1 aromatic heterocycles. The first-order valence-corrected chi connectivity index (χ1v) is 2.66. The molecule has 0 aliphatic heterocycles. The van der Waals surface area contributed by atoms with Gasteiger partial charge in [-0.25, -0.2) is 0 Å². The van der Waals surface area contributed by atoms with E-state index in [1.807, 2.05) is 13.0 Å². The maximum absolute atomic E-state index is 5.53. The molecule has 9 heavy (non-hydrogen) atoms. The fourth-order valence-corrected chi connectivity index (χ4v) is 0.686. The van der Waals surface area contributed by atoms with Crippen molar-refractivity contribution >= 4 is 11.6 Å². The Morgan fingerprint density at radius 3 is 2.67 bits per heavy atom. The van der Waals surface area contributed by atoms with Crippen LogP contribution in [0.3, 0.4) is 0 Å². The Morgan fingerprint density at radius 2 is 2.33 bits per heavy atom. The van der Waals surface area contributed by atoms with Crippen molar-refractivity contribution in [2.75, 3.05) is 0 Å². The van der Waals surface area contributed by atoms with Gasteiger partial charge in [-0.15, -0.1) is 23.2 Å². The van der Waals surface area contributed by atoms with E-state index in [0.717, 1.165) is 5.56 Å². The Kier molecular flexibility index (Phi) is 4.57. The molecule has 0 spiro atoms. The third-order valence-corrected chi connectivity index (χ3v) is 0.988. The minimum atomic E-state index is 0. The number of nitrogens with zero attached hydrogens (tertiary/aromatic N) is 1. The molecule has 0 N–H and O–H groups in total. The summed E-state index contributed by atoms with van der Waals surface area (Å²) < 4.78 is 0. The number of hydrogen-bond donors (Lipinski definition) is 0. The molecule has 1 heterocycles. The molecule has 0 unspecified atom stereocenters. The number of hydrogen-bond acceptors (Lipinski definition) is 1. The molecule has 46 valence electrons. The van der Waals surface area contributed by atoms with E-state index < -0.39 is 0 Å². The number of rotatable bonds is 0. The van der Waals surface area contributed by atoms with Gasteiger partial charge in [-0.05, 0) is 0 Å². The third kappa shape index (κ3) is 3.25. The molecule has 0 bridgehead atoms. The summed E-state index contributed by atoms with van der Waals surface area (Å²) in [4.78, 5) is 3.73. The molecular weight excluding hydrogens is 360 g/mol. The molecule has 0 atom stereocenters. The second-order valence-corrected chi connectivity index (χ2v) is 2.01. The van der Waals surface area contributed by atoms with E-state index >= 15 is 0 Å². The first-order valence-electron chi connectivity index (χ1n) is 2.29. The molecule has 0 aliphatic carbocycles. The summed E-state index contributed by atoms with van der Waals surface area (Å²) in [5, 5.41) is 0.574. The summed E-state index contributed by atoms with van der Waals surface area (Å²) in [6.45, 7) is 1.94. The van der Waals surface area contributed by atoms with Crippen LogP contribution < -0.4 is 0 Å². The van der Waals surface area contributed by atoms with E-state index in [1.54, 1.807) is 6.20 Å². The van der Waals surface area contributed by atoms with Crippen LogP contribution in [0.25, 0.3) is 0 Å². The van der Waals surface area contributed by atoms with Crippen molar-refractivity contribution < 1.29 is 31.1 Å². The number of halogens is 1. The summed E-state index contributed by atoms with van der Waals surface area (Å²) >= 11 is 5.53. The van der Waals surface area contributed by atoms with Crippen LogP contribution in [0.5, 0.6) is 0 Å². The maximum atomic E-state index is 5.53. The zero-order valence-electron chi connectivity index (χ0n) is 4.98. The molecule has 0 saturated carbocycles. The van der Waals surface area contributed by atoms with Crippen molar-refractivity contribution in [3.63, 3.8) is 0 Å². The zero-order chi connectivity index (χ0) is 5.98. The SMILES string of the molecule is Cc1cn[c-]c(Cl)c1.[U]. The van der Waals surface area contributed by atoms with Gasteiger partial charge in [0.05, 0.1) is 0 Å². The van der Waals surface area contributed by atoms with Gasteiger partial charge < -0.3 is 4.98 Å². The van der Waals surface area contributed by atoms with Gasteiger partial charge in [0.15, 0.2) is 0 Å². The van der Waals surface area contributed by atoms with Crippen molar-refractivity contribution in [1.29, 1.82) is 0 Å². The van der Waals surface area contributed by atoms with Crippen molar-refractivity contribution in [3.8, 4) is 0 Å². The van der Waals surface area contributed by atoms with Crippen LogP contribution in [0.4, 0.5) is 0 Å². The number of pyridine rings is 1. The summed E-state index contributed by atoms with van der Waals surface area (Å²) in [7, 11) is 0. The van der Waals surface area contributed by atoms with E-state index in [1.165, 1.54) is 0 Å². The second kappa shape index (κ2) is 4.33. The topological polar surface area (TPSA) is 12.9 Å². The van der Waals surface area contributed by atoms with Gasteiger partial charge in [-0.1, -0.05) is 24.3 Å². The Bertz CT molecular complexity index is 173. The van der Waals surface area contributed by atoms with Crippen LogP contribution in [0.1, 0.15) is 5.56 Å². The van der Waals surface area contributed by atoms with E-state index in [9.17, 15) is 0 Å². The first-order chi connectivity index (χ1) is 3.79. The first kappa shape index (κ1) is 9.49. The summed E-state index contributed by atoms with van der Waals surface area (Å²) in [5.41, 5.74) is 1.06. The molecule has 0 aliphatic rings. The Balaban J connectivity index is 0.000000640. The Morgan fingerprint density at radius 1 is 1.67 bits per heavy atom. The largest absolute Gasteiger partial charge is 0.393 e. The average molecular weight is 365 g/mol. The minimum absolute atomic E-state index is 0. The van der Waals surface area contributed by atoms with Gasteiger partial charge in [0.25, 0.3) is 0 Å². The Hall–Kier alpha value is 0.492. The van der Waals surface area contributed by atoms with Crippen molar-refractivity contribution in [3.05, 3.63) is 29.0 Å². The van der Waals surface area contributed by atoms with E-state index in [0.29, 0.717) is 5.02 Å². The number of aromatic nitrogens is 1. The monoisotopic (exact) mass is 364 g/mol. The van der Waals surface area contributed by atoms with Gasteiger partial charge in [0, 0.05) is 31.1 Å². The van der Waals surface area contributed by atoms with E-state index in [4.69, 9.17) is 11.6 Å². The van der Waals surface area contributed by atoms with Crippen LogP contribution >= 0.6 is 11.6 Å². The fourth-order valence-electron chi connectivity index (χ4n) is 0.465. The smallest absolute Gasteiger partial charge is 0 e. The Labute approximate surface area is 83.2 Å². The normalized spacial score (nSPS) is 8.22. The molecule has 0 radical (unpaired) electrons. The molecule has 0 amide bonds. The van der Waals surface area contributed by atoms with Crippen LogP contribution in [0, 0.1) is 44.2 Å². The fraction of sp³-hybridized carbons (Fsp3) is 0.167. The zero-order valence-corrected chi connectivity index (χ0v) is 9.90. The molecule has 0 fully saturated rings. The molecule has 1 nitrogen and oxygen atoms in total. The van der Waals surface area contributed by atoms with Gasteiger partial charge in [-0.2, -0.15) is 0 Å². The van der Waals surface area contributed by atoms with Gasteiger partial charge in [0.1, 0.15) is 0 Å².